The first-order valence-electron chi connectivity index (χ1n) is 18.7. The van der Waals surface area contributed by atoms with E-state index < -0.39 is 0 Å². The van der Waals surface area contributed by atoms with Crippen LogP contribution < -0.4 is 0 Å². The predicted molar refractivity (Wildman–Crippen MR) is 254 cm³/mol. The summed E-state index contributed by atoms with van der Waals surface area (Å²) in [6.07, 6.45) is 1.00. The fourth-order valence-corrected chi connectivity index (χ4v) is 7.94. The second-order valence-electron chi connectivity index (χ2n) is 16.0. The van der Waals surface area contributed by atoms with E-state index in [-0.39, 0.29) is 43.1 Å². The Morgan fingerprint density at radius 1 is 0.500 bits per heavy atom. The molecule has 8 aromatic rings. The average molecular weight is 873 g/mol. The maximum atomic E-state index is 3.49. The van der Waals surface area contributed by atoms with Gasteiger partial charge in [0.2, 0.25) is 0 Å². The van der Waals surface area contributed by atoms with Gasteiger partial charge in [0, 0.05) is 0 Å². The molecule has 0 aliphatic heterocycles. The van der Waals surface area contributed by atoms with Gasteiger partial charge >= 0.3 is 30.2 Å². The summed E-state index contributed by atoms with van der Waals surface area (Å²) in [6.45, 7) is 26.9. The van der Waals surface area contributed by atoms with E-state index in [1.54, 1.807) is 0 Å². The van der Waals surface area contributed by atoms with Crippen molar-refractivity contribution in [2.75, 3.05) is 0 Å². The first-order chi connectivity index (χ1) is 25.3. The number of fused-ring (bicyclic) bond motifs is 4. The summed E-state index contributed by atoms with van der Waals surface area (Å²) >= 11 is 1.36. The van der Waals surface area contributed by atoms with Crippen molar-refractivity contribution < 1.29 is 23.3 Å². The average Bonchev–Trinajstić information content (AvgIpc) is 3.70. The van der Waals surface area contributed by atoms with Crippen molar-refractivity contribution >= 4 is 74.8 Å². The number of halogens is 2. The molecule has 0 unspecified atom stereocenters. The van der Waals surface area contributed by atoms with Gasteiger partial charge in [-0.1, -0.05) is 171 Å². The van der Waals surface area contributed by atoms with Gasteiger partial charge in [-0.05, 0) is 43.5 Å². The summed E-state index contributed by atoms with van der Waals surface area (Å²) in [5.41, 5.74) is 11.4. The summed E-state index contributed by atoms with van der Waals surface area (Å²) in [5, 5.41) is 10.7. The zero-order valence-corrected chi connectivity index (χ0v) is 40.0. The Balaban J connectivity index is 0.000000331. The molecule has 8 aromatic carbocycles. The molecule has 0 atom stereocenters. The molecule has 0 amide bonds. The Hall–Kier alpha value is -3.26. The van der Waals surface area contributed by atoms with E-state index in [1.807, 2.05) is 6.92 Å². The van der Waals surface area contributed by atoms with Crippen LogP contribution >= 0.6 is 24.8 Å². The van der Waals surface area contributed by atoms with Crippen molar-refractivity contribution in [3.63, 3.8) is 0 Å². The van der Waals surface area contributed by atoms with Crippen LogP contribution in [0.3, 0.4) is 0 Å². The van der Waals surface area contributed by atoms with E-state index >= 15 is 0 Å². The molecule has 4 heteroatoms. The molecule has 0 bridgehead atoms. The summed E-state index contributed by atoms with van der Waals surface area (Å²) < 4.78 is 0. The summed E-state index contributed by atoms with van der Waals surface area (Å²) in [5.74, 6) is 0. The Morgan fingerprint density at radius 3 is 1.12 bits per heavy atom. The van der Waals surface area contributed by atoms with Crippen LogP contribution in [0.1, 0.15) is 77.1 Å². The summed E-state index contributed by atoms with van der Waals surface area (Å²) in [7, 11) is 0. The van der Waals surface area contributed by atoms with Crippen molar-refractivity contribution in [2.45, 2.75) is 79.6 Å². The third kappa shape index (κ3) is 10.2. The molecule has 0 saturated carbocycles. The fraction of sp³-hybridized carbons (Fsp3) is 0.231. The molecular formula is C52H58Cl2SiZr-4. The van der Waals surface area contributed by atoms with Crippen molar-refractivity contribution in [3.05, 3.63) is 170 Å². The van der Waals surface area contributed by atoms with E-state index in [1.165, 1.54) is 111 Å². The first-order valence-corrected chi connectivity index (χ1v) is 22.9. The van der Waals surface area contributed by atoms with Crippen molar-refractivity contribution in [1.82, 2.24) is 0 Å². The zero-order chi connectivity index (χ0) is 38.5. The van der Waals surface area contributed by atoms with Crippen LogP contribution in [0.5, 0.6) is 0 Å². The molecular weight excluding hydrogens is 815 g/mol. The van der Waals surface area contributed by atoms with Gasteiger partial charge in [-0.3, -0.25) is 0 Å². The monoisotopic (exact) mass is 870 g/mol. The Kier molecular flexibility index (Phi) is 18.3. The molecule has 56 heavy (non-hydrogen) atoms. The van der Waals surface area contributed by atoms with E-state index in [0.29, 0.717) is 0 Å². The van der Waals surface area contributed by atoms with Crippen LogP contribution in [0.4, 0.5) is 0 Å². The molecule has 0 aromatic heterocycles. The van der Waals surface area contributed by atoms with Gasteiger partial charge < -0.3 is 14.4 Å². The number of rotatable bonds is 2. The number of hydrogen-bond donors (Lipinski definition) is 0. The molecule has 8 rings (SSSR count). The minimum absolute atomic E-state index is 0. The van der Waals surface area contributed by atoms with E-state index in [4.69, 9.17) is 0 Å². The topological polar surface area (TPSA) is 0 Å². The Bertz CT molecular complexity index is 2300. The molecule has 0 aliphatic rings. The number of hydrogen-bond acceptors (Lipinski definition) is 0. The van der Waals surface area contributed by atoms with Gasteiger partial charge in [0.05, 0.1) is 0 Å². The second kappa shape index (κ2) is 20.9. The van der Waals surface area contributed by atoms with Gasteiger partial charge in [-0.15, -0.1) is 93.9 Å². The van der Waals surface area contributed by atoms with Crippen LogP contribution in [0.2, 0.25) is 0 Å². The first kappa shape index (κ1) is 48.9. The van der Waals surface area contributed by atoms with Crippen LogP contribution in [0.25, 0.3) is 65.3 Å². The molecule has 0 spiro atoms. The van der Waals surface area contributed by atoms with Gasteiger partial charge in [0.25, 0.3) is 0 Å². The standard InChI is InChI=1S/2C24H23.C3H7.CH3.2ClH.Si.Zr/c2*1-16-22(24(2,3)4)15-18-11-8-14-21(23(16)18)20-13-7-10-17-9-5-6-12-19(17)20;1-3-2;;;;;/h2*5-15H,1-4H3;1,3H2,2H3;1H3;2*1H;;/q4*-1;;;;. The molecule has 0 N–H and O–H groups in total. The van der Waals surface area contributed by atoms with Crippen LogP contribution in [-0.4, -0.2) is 6.88 Å². The third-order valence-corrected chi connectivity index (χ3v) is 10.1. The van der Waals surface area contributed by atoms with Crippen molar-refractivity contribution in [1.29, 1.82) is 0 Å². The molecule has 292 valence electrons. The normalized spacial score (nSPS) is 10.8. The van der Waals surface area contributed by atoms with E-state index in [2.05, 4.69) is 203 Å². The third-order valence-electron chi connectivity index (χ3n) is 10.1. The van der Waals surface area contributed by atoms with Crippen LogP contribution in [0.15, 0.2) is 133 Å². The quantitative estimate of drug-likeness (QED) is 0.120. The number of aryl methyl sites for hydroxylation is 2. The fourth-order valence-electron chi connectivity index (χ4n) is 7.94. The van der Waals surface area contributed by atoms with Gasteiger partial charge in [0.1, 0.15) is 0 Å². The van der Waals surface area contributed by atoms with Gasteiger partial charge in [0.15, 0.2) is 0 Å². The van der Waals surface area contributed by atoms with Gasteiger partial charge in [-0.25, -0.2) is 0 Å². The molecule has 0 aliphatic carbocycles. The van der Waals surface area contributed by atoms with Gasteiger partial charge in [-0.2, -0.15) is 17.5 Å². The Labute approximate surface area is 367 Å². The predicted octanol–water partition coefficient (Wildman–Crippen LogP) is 16.1. The van der Waals surface area contributed by atoms with E-state index in [9.17, 15) is 0 Å². The molecule has 2 radical (unpaired) electrons. The minimum atomic E-state index is 0. The van der Waals surface area contributed by atoms with Crippen LogP contribution in [0, 0.1) is 28.2 Å². The summed E-state index contributed by atoms with van der Waals surface area (Å²) in [6, 6.07) is 48.7. The second-order valence-corrected chi connectivity index (χ2v) is 16.0. The molecule has 0 nitrogen and oxygen atoms in total. The van der Waals surface area contributed by atoms with Crippen molar-refractivity contribution in [2.24, 2.45) is 0 Å². The maximum absolute atomic E-state index is 3.49. The van der Waals surface area contributed by atoms with E-state index in [0.717, 1.165) is 6.42 Å². The molecule has 0 fully saturated rings. The number of benzene rings is 6. The SMILES string of the molecule is Cc1c(C(C)(C)C)[cH-]c2cccc(-c3cccc4ccccc34)c12.Cc1c(C(C)(C)C)[cH-]c2cccc(-c3cccc4ccccc34)c12.Cl.Cl.[CH2-]CC.[CH3-].[Si]=[Zr]. The summed E-state index contributed by atoms with van der Waals surface area (Å²) in [4.78, 5) is 0. The molecule has 0 saturated heterocycles. The zero-order valence-electron chi connectivity index (χ0n) is 34.9. The Morgan fingerprint density at radius 2 is 0.786 bits per heavy atom. The van der Waals surface area contributed by atoms with Crippen LogP contribution in [-0.2, 0) is 34.2 Å². The molecule has 0 heterocycles. The van der Waals surface area contributed by atoms with Crippen molar-refractivity contribution in [3.8, 4) is 22.3 Å².